The van der Waals surface area contributed by atoms with Crippen LogP contribution < -0.4 is 5.32 Å². The van der Waals surface area contributed by atoms with Crippen molar-refractivity contribution in [3.63, 3.8) is 0 Å². The summed E-state index contributed by atoms with van der Waals surface area (Å²) in [6, 6.07) is 14.6. The zero-order valence-corrected chi connectivity index (χ0v) is 14.9. The van der Waals surface area contributed by atoms with Gasteiger partial charge in [0.25, 0.3) is 5.91 Å². The fraction of sp³-hybridized carbons (Fsp3) is 0.200. The molecule has 4 rings (SSSR count). The van der Waals surface area contributed by atoms with E-state index in [1.54, 1.807) is 28.4 Å². The molecule has 0 saturated heterocycles. The highest BCUT2D eigenvalue weighted by Gasteiger charge is 2.35. The summed E-state index contributed by atoms with van der Waals surface area (Å²) in [5, 5.41) is 4.94. The van der Waals surface area contributed by atoms with Gasteiger partial charge in [0.15, 0.2) is 5.76 Å². The van der Waals surface area contributed by atoms with Crippen LogP contribution in [0.1, 0.15) is 26.6 Å². The predicted molar refractivity (Wildman–Crippen MR) is 98.7 cm³/mol. The second kappa shape index (κ2) is 7.17. The summed E-state index contributed by atoms with van der Waals surface area (Å²) in [6.45, 7) is 0.865. The Kier molecular flexibility index (Phi) is 4.58. The molecule has 1 aliphatic heterocycles. The van der Waals surface area contributed by atoms with Gasteiger partial charge in [-0.25, -0.2) is 0 Å². The van der Waals surface area contributed by atoms with Gasteiger partial charge in [-0.1, -0.05) is 30.3 Å². The summed E-state index contributed by atoms with van der Waals surface area (Å²) < 4.78 is 5.26. The Morgan fingerprint density at radius 3 is 2.69 bits per heavy atom. The molecule has 1 unspecified atom stereocenters. The Morgan fingerprint density at radius 2 is 1.96 bits per heavy atom. The summed E-state index contributed by atoms with van der Waals surface area (Å²) in [6.07, 6.45) is 1.97. The first kappa shape index (κ1) is 16.6. The van der Waals surface area contributed by atoms with Gasteiger partial charge < -0.3 is 14.6 Å². The first-order valence-electron chi connectivity index (χ1n) is 8.44. The zero-order chi connectivity index (χ0) is 17.9. The Bertz CT molecular complexity index is 903. The molecule has 0 radical (unpaired) electrons. The molecule has 0 bridgehead atoms. The van der Waals surface area contributed by atoms with Crippen molar-refractivity contribution in [2.75, 3.05) is 0 Å². The molecular weight excluding hydrogens is 348 g/mol. The molecule has 2 amide bonds. The second-order valence-corrected chi connectivity index (χ2v) is 7.23. The third kappa shape index (κ3) is 3.28. The standard InChI is InChI=1S/C20H18N2O3S/c23-19(21-12-16-7-4-10-26-16)17-11-14-5-1-2-6-15(14)13-22(17)20(24)18-8-3-9-25-18/h1-10,17H,11-13H2,(H,21,23). The number of nitrogens with one attached hydrogen (secondary N) is 1. The normalized spacial score (nSPS) is 16.2. The van der Waals surface area contributed by atoms with E-state index in [0.29, 0.717) is 19.5 Å². The van der Waals surface area contributed by atoms with Gasteiger partial charge in [0.05, 0.1) is 12.8 Å². The van der Waals surface area contributed by atoms with Gasteiger partial charge in [-0.3, -0.25) is 9.59 Å². The lowest BCUT2D eigenvalue weighted by Gasteiger charge is -2.35. The third-order valence-electron chi connectivity index (χ3n) is 4.56. The van der Waals surface area contributed by atoms with Gasteiger partial charge in [0, 0.05) is 17.8 Å². The highest BCUT2D eigenvalue weighted by Crippen LogP contribution is 2.25. The highest BCUT2D eigenvalue weighted by molar-refractivity contribution is 7.09. The fourth-order valence-corrected chi connectivity index (χ4v) is 3.86. The van der Waals surface area contributed by atoms with Crippen LogP contribution in [0.15, 0.2) is 64.6 Å². The Hall–Kier alpha value is -2.86. The summed E-state index contributed by atoms with van der Waals surface area (Å²) in [5.74, 6) is -0.158. The van der Waals surface area contributed by atoms with Crippen molar-refractivity contribution in [2.45, 2.75) is 25.6 Å². The molecule has 2 aromatic heterocycles. The first-order valence-corrected chi connectivity index (χ1v) is 9.31. The van der Waals surface area contributed by atoms with Gasteiger partial charge in [0.1, 0.15) is 6.04 Å². The number of benzene rings is 1. The number of fused-ring (bicyclic) bond motifs is 1. The maximum absolute atomic E-state index is 12.9. The Balaban J connectivity index is 1.58. The fourth-order valence-electron chi connectivity index (χ4n) is 3.22. The third-order valence-corrected chi connectivity index (χ3v) is 5.44. The van der Waals surface area contributed by atoms with Gasteiger partial charge in [-0.05, 0) is 34.7 Å². The number of hydrogen-bond acceptors (Lipinski definition) is 4. The number of thiophene rings is 1. The quantitative estimate of drug-likeness (QED) is 0.771. The van der Waals surface area contributed by atoms with Crippen molar-refractivity contribution in [3.8, 4) is 0 Å². The van der Waals surface area contributed by atoms with Crippen LogP contribution in [0.3, 0.4) is 0 Å². The van der Waals surface area contributed by atoms with E-state index < -0.39 is 6.04 Å². The lowest BCUT2D eigenvalue weighted by atomic mass is 9.93. The Morgan fingerprint density at radius 1 is 1.12 bits per heavy atom. The van der Waals surface area contributed by atoms with Crippen LogP contribution in [-0.4, -0.2) is 22.8 Å². The van der Waals surface area contributed by atoms with Crippen LogP contribution in [0.2, 0.25) is 0 Å². The molecular formula is C20H18N2O3S. The van der Waals surface area contributed by atoms with Crippen LogP contribution in [0.4, 0.5) is 0 Å². The summed E-state index contributed by atoms with van der Waals surface area (Å²) in [4.78, 5) is 28.4. The van der Waals surface area contributed by atoms with Crippen LogP contribution in [0.25, 0.3) is 0 Å². The van der Waals surface area contributed by atoms with Crippen molar-refractivity contribution >= 4 is 23.2 Å². The second-order valence-electron chi connectivity index (χ2n) is 6.20. The van der Waals surface area contributed by atoms with Crippen molar-refractivity contribution in [3.05, 3.63) is 81.9 Å². The number of rotatable bonds is 4. The van der Waals surface area contributed by atoms with Crippen molar-refractivity contribution in [1.29, 1.82) is 0 Å². The van der Waals surface area contributed by atoms with Crippen LogP contribution in [-0.2, 0) is 24.3 Å². The minimum Gasteiger partial charge on any atom is -0.459 e. The number of carbonyl (C=O) groups is 2. The van der Waals surface area contributed by atoms with Crippen molar-refractivity contribution < 1.29 is 14.0 Å². The molecule has 3 aromatic rings. The molecule has 5 nitrogen and oxygen atoms in total. The van der Waals surface area contributed by atoms with Gasteiger partial charge >= 0.3 is 0 Å². The lowest BCUT2D eigenvalue weighted by Crippen LogP contribution is -2.52. The molecule has 0 saturated carbocycles. The molecule has 0 spiro atoms. The minimum absolute atomic E-state index is 0.146. The van der Waals surface area contributed by atoms with Crippen LogP contribution in [0, 0.1) is 0 Å². The number of hydrogen-bond donors (Lipinski definition) is 1. The number of amides is 2. The molecule has 3 heterocycles. The van der Waals surface area contributed by atoms with E-state index in [1.165, 1.54) is 6.26 Å². The number of nitrogens with zero attached hydrogens (tertiary/aromatic N) is 1. The van der Waals surface area contributed by atoms with Crippen LogP contribution >= 0.6 is 11.3 Å². The first-order chi connectivity index (χ1) is 12.7. The van der Waals surface area contributed by atoms with E-state index in [4.69, 9.17) is 4.42 Å². The number of carbonyl (C=O) groups excluding carboxylic acids is 2. The average molecular weight is 366 g/mol. The SMILES string of the molecule is O=C(NCc1cccs1)C1Cc2ccccc2CN1C(=O)c1ccco1. The maximum atomic E-state index is 12.9. The van der Waals surface area contributed by atoms with Crippen molar-refractivity contribution in [1.82, 2.24) is 10.2 Å². The smallest absolute Gasteiger partial charge is 0.290 e. The van der Waals surface area contributed by atoms with E-state index in [9.17, 15) is 9.59 Å². The Labute approximate surface area is 155 Å². The predicted octanol–water partition coefficient (Wildman–Crippen LogP) is 3.22. The van der Waals surface area contributed by atoms with Gasteiger partial charge in [-0.15, -0.1) is 11.3 Å². The molecule has 1 N–H and O–H groups in total. The maximum Gasteiger partial charge on any atom is 0.290 e. The minimum atomic E-state index is -0.553. The largest absolute Gasteiger partial charge is 0.459 e. The topological polar surface area (TPSA) is 62.6 Å². The molecule has 26 heavy (non-hydrogen) atoms. The van der Waals surface area contributed by atoms with Gasteiger partial charge in [0.2, 0.25) is 5.91 Å². The molecule has 1 atom stereocenters. The summed E-state index contributed by atoms with van der Waals surface area (Å²) in [7, 11) is 0. The monoisotopic (exact) mass is 366 g/mol. The van der Waals surface area contributed by atoms with Gasteiger partial charge in [-0.2, -0.15) is 0 Å². The average Bonchev–Trinajstić information content (AvgIpc) is 3.38. The summed E-state index contributed by atoms with van der Waals surface area (Å²) in [5.41, 5.74) is 2.17. The molecule has 0 fully saturated rings. The zero-order valence-electron chi connectivity index (χ0n) is 14.1. The lowest BCUT2D eigenvalue weighted by molar-refractivity contribution is -0.126. The molecule has 1 aliphatic rings. The molecule has 6 heteroatoms. The van der Waals surface area contributed by atoms with E-state index in [1.807, 2.05) is 41.8 Å². The number of furan rings is 1. The molecule has 0 aliphatic carbocycles. The molecule has 132 valence electrons. The van der Waals surface area contributed by atoms with E-state index in [2.05, 4.69) is 5.32 Å². The molecule has 1 aromatic carbocycles. The summed E-state index contributed by atoms with van der Waals surface area (Å²) >= 11 is 1.59. The van der Waals surface area contributed by atoms with Crippen LogP contribution in [0.5, 0.6) is 0 Å². The van der Waals surface area contributed by atoms with E-state index in [0.717, 1.165) is 16.0 Å². The highest BCUT2D eigenvalue weighted by atomic mass is 32.1. The van der Waals surface area contributed by atoms with E-state index >= 15 is 0 Å². The van der Waals surface area contributed by atoms with Crippen molar-refractivity contribution in [2.24, 2.45) is 0 Å². The van der Waals surface area contributed by atoms with E-state index in [-0.39, 0.29) is 17.6 Å².